The van der Waals surface area contributed by atoms with E-state index in [1.165, 1.54) is 13.2 Å². The van der Waals surface area contributed by atoms with Gasteiger partial charge in [-0.05, 0) is 13.8 Å². The van der Waals surface area contributed by atoms with Crippen LogP contribution in [0.2, 0.25) is 0 Å². The van der Waals surface area contributed by atoms with E-state index in [1.54, 1.807) is 23.5 Å². The Morgan fingerprint density at radius 1 is 1.47 bits per heavy atom. The van der Waals surface area contributed by atoms with E-state index >= 15 is 0 Å². The number of hydrogen-bond acceptors (Lipinski definition) is 4. The van der Waals surface area contributed by atoms with Crippen molar-refractivity contribution in [3.05, 3.63) is 34.6 Å². The lowest BCUT2D eigenvalue weighted by Crippen LogP contribution is -2.32. The maximum atomic E-state index is 12.3. The fraction of sp³-hybridized carbons (Fsp3) is 0.250. The molecular formula is C12H11N3O4. The summed E-state index contributed by atoms with van der Waals surface area (Å²) >= 11 is 0. The predicted molar refractivity (Wildman–Crippen MR) is 66.3 cm³/mol. The normalized spacial score (nSPS) is 13.2. The highest BCUT2D eigenvalue weighted by molar-refractivity contribution is 5.82. The molecule has 19 heavy (non-hydrogen) atoms. The molecule has 0 aliphatic carbocycles. The minimum Gasteiger partial charge on any atom is -0.480 e. The van der Waals surface area contributed by atoms with Crippen molar-refractivity contribution in [2.75, 3.05) is 0 Å². The monoisotopic (exact) mass is 261 g/mol. The first kappa shape index (κ1) is 11.5. The van der Waals surface area contributed by atoms with Gasteiger partial charge in [0.25, 0.3) is 5.56 Å². The maximum absolute atomic E-state index is 12.3. The van der Waals surface area contributed by atoms with E-state index < -0.39 is 17.6 Å². The van der Waals surface area contributed by atoms with E-state index in [9.17, 15) is 9.59 Å². The first-order valence-corrected chi connectivity index (χ1v) is 5.71. The first-order chi connectivity index (χ1) is 9.00. The summed E-state index contributed by atoms with van der Waals surface area (Å²) in [6, 6.07) is 2.32. The van der Waals surface area contributed by atoms with Crippen LogP contribution in [0.15, 0.2) is 27.6 Å². The van der Waals surface area contributed by atoms with E-state index in [-0.39, 0.29) is 0 Å². The topological polar surface area (TPSA) is 89.7 Å². The maximum Gasteiger partial charge on any atom is 0.328 e. The Kier molecular flexibility index (Phi) is 2.25. The Morgan fingerprint density at radius 3 is 2.89 bits per heavy atom. The molecule has 3 aromatic rings. The fourth-order valence-electron chi connectivity index (χ4n) is 2.16. The lowest BCUT2D eigenvalue weighted by atomic mass is 10.3. The van der Waals surface area contributed by atoms with Gasteiger partial charge in [-0.1, -0.05) is 0 Å². The van der Waals surface area contributed by atoms with Crippen LogP contribution in [0.3, 0.4) is 0 Å². The third-order valence-corrected chi connectivity index (χ3v) is 3.15. The number of aromatic nitrogens is 3. The molecule has 0 amide bonds. The van der Waals surface area contributed by atoms with Crippen LogP contribution in [-0.4, -0.2) is 25.3 Å². The number of carboxylic acids is 1. The van der Waals surface area contributed by atoms with E-state index in [0.29, 0.717) is 16.9 Å². The Hall–Kier alpha value is -2.57. The number of aliphatic carboxylic acids is 1. The van der Waals surface area contributed by atoms with Crippen LogP contribution < -0.4 is 5.56 Å². The average molecular weight is 261 g/mol. The molecule has 3 rings (SSSR count). The van der Waals surface area contributed by atoms with Crippen LogP contribution >= 0.6 is 0 Å². The summed E-state index contributed by atoms with van der Waals surface area (Å²) in [6.45, 7) is 3.13. The molecule has 0 radical (unpaired) electrons. The van der Waals surface area contributed by atoms with Gasteiger partial charge >= 0.3 is 5.97 Å². The van der Waals surface area contributed by atoms with Crippen molar-refractivity contribution >= 4 is 22.6 Å². The number of aryl methyl sites for hydroxylation is 1. The quantitative estimate of drug-likeness (QED) is 0.748. The second-order valence-electron chi connectivity index (χ2n) is 4.35. The number of hydrogen-bond donors (Lipinski definition) is 1. The van der Waals surface area contributed by atoms with Crippen LogP contribution in [-0.2, 0) is 4.79 Å². The number of nitrogens with zero attached hydrogens (tertiary/aromatic N) is 3. The van der Waals surface area contributed by atoms with Gasteiger partial charge in [-0.25, -0.2) is 9.48 Å². The Labute approximate surface area is 106 Å². The molecule has 0 aromatic carbocycles. The van der Waals surface area contributed by atoms with Crippen molar-refractivity contribution in [2.45, 2.75) is 19.9 Å². The van der Waals surface area contributed by atoms with Crippen molar-refractivity contribution in [1.29, 1.82) is 0 Å². The van der Waals surface area contributed by atoms with Crippen molar-refractivity contribution in [3.8, 4) is 0 Å². The fourth-order valence-corrected chi connectivity index (χ4v) is 2.16. The summed E-state index contributed by atoms with van der Waals surface area (Å²) in [7, 11) is 0. The molecular weight excluding hydrogens is 250 g/mol. The number of rotatable bonds is 2. The number of furan rings is 1. The van der Waals surface area contributed by atoms with Crippen molar-refractivity contribution < 1.29 is 14.3 Å². The molecule has 7 nitrogen and oxygen atoms in total. The summed E-state index contributed by atoms with van der Waals surface area (Å²) < 4.78 is 7.88. The Morgan fingerprint density at radius 2 is 2.21 bits per heavy atom. The van der Waals surface area contributed by atoms with Crippen LogP contribution in [0.4, 0.5) is 0 Å². The molecule has 3 aromatic heterocycles. The summed E-state index contributed by atoms with van der Waals surface area (Å²) in [5, 5.41) is 13.1. The molecule has 98 valence electrons. The van der Waals surface area contributed by atoms with Crippen molar-refractivity contribution in [1.82, 2.24) is 14.2 Å². The summed E-state index contributed by atoms with van der Waals surface area (Å²) in [6.07, 6.45) is 1.53. The molecule has 7 heteroatoms. The van der Waals surface area contributed by atoms with Gasteiger partial charge in [0.15, 0.2) is 11.6 Å². The highest BCUT2D eigenvalue weighted by Crippen LogP contribution is 2.20. The van der Waals surface area contributed by atoms with Gasteiger partial charge in [0.1, 0.15) is 11.3 Å². The minimum atomic E-state index is -1.10. The molecule has 0 aliphatic heterocycles. The van der Waals surface area contributed by atoms with Crippen molar-refractivity contribution in [2.24, 2.45) is 0 Å². The number of fused-ring (bicyclic) bond motifs is 3. The van der Waals surface area contributed by atoms with E-state index in [4.69, 9.17) is 9.52 Å². The van der Waals surface area contributed by atoms with E-state index in [2.05, 4.69) is 5.10 Å². The smallest absolute Gasteiger partial charge is 0.328 e. The van der Waals surface area contributed by atoms with E-state index in [0.717, 1.165) is 10.2 Å². The first-order valence-electron chi connectivity index (χ1n) is 5.71. The predicted octanol–water partition coefficient (Wildman–Crippen LogP) is 1.20. The summed E-state index contributed by atoms with van der Waals surface area (Å²) in [4.78, 5) is 23.3. The molecule has 1 atom stereocenters. The largest absolute Gasteiger partial charge is 0.480 e. The summed E-state index contributed by atoms with van der Waals surface area (Å²) in [5.41, 5.74) is 1.22. The lowest BCUT2D eigenvalue weighted by molar-refractivity contribution is -0.140. The second-order valence-corrected chi connectivity index (χ2v) is 4.35. The van der Waals surface area contributed by atoms with Gasteiger partial charge in [-0.2, -0.15) is 5.10 Å². The molecule has 0 fully saturated rings. The summed E-state index contributed by atoms with van der Waals surface area (Å²) in [5.74, 6) is -0.576. The molecule has 0 spiro atoms. The second kappa shape index (κ2) is 3.71. The van der Waals surface area contributed by atoms with Crippen LogP contribution in [0.5, 0.6) is 0 Å². The zero-order chi connectivity index (χ0) is 13.7. The lowest BCUT2D eigenvalue weighted by Gasteiger charge is -2.11. The van der Waals surface area contributed by atoms with Crippen molar-refractivity contribution in [3.63, 3.8) is 0 Å². The highest BCUT2D eigenvalue weighted by atomic mass is 16.4. The van der Waals surface area contributed by atoms with Crippen LogP contribution in [0, 0.1) is 6.92 Å². The molecule has 0 aliphatic rings. The van der Waals surface area contributed by atoms with Gasteiger partial charge in [0.2, 0.25) is 0 Å². The minimum absolute atomic E-state index is 0.356. The molecule has 0 saturated carbocycles. The molecule has 1 unspecified atom stereocenters. The van der Waals surface area contributed by atoms with Gasteiger partial charge in [-0.3, -0.25) is 9.20 Å². The Bertz CT molecular complexity index is 855. The molecule has 0 bridgehead atoms. The average Bonchev–Trinajstić information content (AvgIpc) is 2.92. The third-order valence-electron chi connectivity index (χ3n) is 3.15. The third kappa shape index (κ3) is 1.48. The van der Waals surface area contributed by atoms with Gasteiger partial charge in [0, 0.05) is 12.1 Å². The zero-order valence-electron chi connectivity index (χ0n) is 10.3. The highest BCUT2D eigenvalue weighted by Gasteiger charge is 2.20. The number of carbonyl (C=O) groups is 1. The molecule has 3 heterocycles. The SMILES string of the molecule is Cc1nn(C(C)C(=O)O)c(=O)c2cc3occc3n12. The number of carboxylic acid groups (broad SMARTS) is 1. The Balaban J connectivity index is 2.43. The van der Waals surface area contributed by atoms with Gasteiger partial charge in [-0.15, -0.1) is 0 Å². The van der Waals surface area contributed by atoms with Crippen LogP contribution in [0.1, 0.15) is 18.8 Å². The van der Waals surface area contributed by atoms with Gasteiger partial charge < -0.3 is 9.52 Å². The molecule has 1 N–H and O–H groups in total. The standard InChI is InChI=1S/C12H11N3O4/c1-6(12(17)18)15-11(16)9-5-10-8(3-4-19-10)14(9)7(2)13-15/h3-6H,1-2H3,(H,17,18). The van der Waals surface area contributed by atoms with E-state index in [1.807, 2.05) is 0 Å². The molecule has 0 saturated heterocycles. The van der Waals surface area contributed by atoms with Crippen LogP contribution in [0.25, 0.3) is 16.6 Å². The van der Waals surface area contributed by atoms with Gasteiger partial charge in [0.05, 0.1) is 11.8 Å². The zero-order valence-corrected chi connectivity index (χ0v) is 10.3.